The van der Waals surface area contributed by atoms with Crippen LogP contribution >= 0.6 is 24.8 Å². The van der Waals surface area contributed by atoms with Gasteiger partial charge in [-0.1, -0.05) is 37.3 Å². The average Bonchev–Trinajstić information content (AvgIpc) is 2.86. The van der Waals surface area contributed by atoms with E-state index in [2.05, 4.69) is 34.5 Å². The molecule has 1 fully saturated rings. The third-order valence-electron chi connectivity index (χ3n) is 4.07. The highest BCUT2D eigenvalue weighted by Gasteiger charge is 2.26. The molecule has 0 spiro atoms. The lowest BCUT2D eigenvalue weighted by molar-refractivity contribution is -0.125. The second-order valence-electron chi connectivity index (χ2n) is 5.86. The van der Waals surface area contributed by atoms with Crippen LogP contribution in [0.1, 0.15) is 25.8 Å². The van der Waals surface area contributed by atoms with Crippen LogP contribution < -0.4 is 11.1 Å². The number of amides is 1. The Bertz CT molecular complexity index is 442. The fraction of sp³-hybridized carbons (Fsp3) is 0.562. The molecule has 1 aromatic carbocycles. The molecule has 6 heteroatoms. The summed E-state index contributed by atoms with van der Waals surface area (Å²) in [6.45, 7) is 6.67. The maximum Gasteiger partial charge on any atom is 0.224 e. The molecule has 3 atom stereocenters. The molecule has 0 saturated carbocycles. The van der Waals surface area contributed by atoms with Crippen molar-refractivity contribution in [1.29, 1.82) is 0 Å². The number of likely N-dealkylation sites (tertiary alicyclic amines) is 1. The van der Waals surface area contributed by atoms with Crippen LogP contribution in [0.5, 0.6) is 0 Å². The number of hydrogen-bond acceptors (Lipinski definition) is 3. The summed E-state index contributed by atoms with van der Waals surface area (Å²) in [6.07, 6.45) is 1.02. The monoisotopic (exact) mass is 347 g/mol. The predicted molar refractivity (Wildman–Crippen MR) is 95.6 cm³/mol. The van der Waals surface area contributed by atoms with Gasteiger partial charge in [0.1, 0.15) is 0 Å². The van der Waals surface area contributed by atoms with Crippen LogP contribution in [0.25, 0.3) is 0 Å². The molecule has 0 radical (unpaired) electrons. The Hall–Kier alpha value is -0.810. The number of halogens is 2. The van der Waals surface area contributed by atoms with Crippen molar-refractivity contribution in [2.24, 2.45) is 11.7 Å². The highest BCUT2D eigenvalue weighted by atomic mass is 35.5. The number of nitrogens with two attached hydrogens (primary N) is 1. The third-order valence-corrected chi connectivity index (χ3v) is 4.07. The van der Waals surface area contributed by atoms with E-state index in [-0.39, 0.29) is 48.7 Å². The van der Waals surface area contributed by atoms with E-state index in [1.54, 1.807) is 0 Å². The molecule has 126 valence electrons. The molecule has 1 aromatic rings. The Balaban J connectivity index is 0.00000220. The van der Waals surface area contributed by atoms with Crippen LogP contribution in [0, 0.1) is 5.92 Å². The zero-order valence-electron chi connectivity index (χ0n) is 13.2. The summed E-state index contributed by atoms with van der Waals surface area (Å²) in [5.41, 5.74) is 7.09. The smallest absolute Gasteiger partial charge is 0.224 e. The molecule has 2 rings (SSSR count). The van der Waals surface area contributed by atoms with E-state index in [9.17, 15) is 4.79 Å². The lowest BCUT2D eigenvalue weighted by Gasteiger charge is -2.20. The third kappa shape index (κ3) is 6.13. The zero-order valence-corrected chi connectivity index (χ0v) is 14.8. The van der Waals surface area contributed by atoms with Crippen LogP contribution in [0.3, 0.4) is 0 Å². The van der Waals surface area contributed by atoms with E-state index < -0.39 is 0 Å². The summed E-state index contributed by atoms with van der Waals surface area (Å²) < 4.78 is 0. The van der Waals surface area contributed by atoms with Crippen molar-refractivity contribution >= 4 is 30.7 Å². The highest BCUT2D eigenvalue weighted by molar-refractivity contribution is 5.85. The standard InChI is InChI=1S/C16H25N3O.2ClH/c1-12(13(2)17)16(20)18-15-8-9-19(11-15)10-14-6-4-3-5-7-14;;/h3-7,12-13,15H,8-11,17H2,1-2H3,(H,18,20);2*1H. The van der Waals surface area contributed by atoms with Gasteiger partial charge in [-0.3, -0.25) is 9.69 Å². The van der Waals surface area contributed by atoms with Gasteiger partial charge in [-0.05, 0) is 18.9 Å². The Morgan fingerprint density at radius 2 is 1.95 bits per heavy atom. The van der Waals surface area contributed by atoms with Gasteiger partial charge in [0.25, 0.3) is 0 Å². The van der Waals surface area contributed by atoms with Gasteiger partial charge in [0.15, 0.2) is 0 Å². The number of carbonyl (C=O) groups excluding carboxylic acids is 1. The molecule has 0 aromatic heterocycles. The van der Waals surface area contributed by atoms with E-state index in [0.717, 1.165) is 26.1 Å². The molecule has 3 unspecified atom stereocenters. The van der Waals surface area contributed by atoms with Gasteiger partial charge < -0.3 is 11.1 Å². The summed E-state index contributed by atoms with van der Waals surface area (Å²) in [7, 11) is 0. The topological polar surface area (TPSA) is 58.4 Å². The van der Waals surface area contributed by atoms with Crippen molar-refractivity contribution in [2.75, 3.05) is 13.1 Å². The van der Waals surface area contributed by atoms with Gasteiger partial charge in [0.2, 0.25) is 5.91 Å². The zero-order chi connectivity index (χ0) is 14.5. The van der Waals surface area contributed by atoms with E-state index in [4.69, 9.17) is 5.73 Å². The maximum absolute atomic E-state index is 12.0. The van der Waals surface area contributed by atoms with Crippen LogP contribution in [0.15, 0.2) is 30.3 Å². The average molecular weight is 348 g/mol. The van der Waals surface area contributed by atoms with Crippen LogP contribution in [-0.2, 0) is 11.3 Å². The Kier molecular flexibility index (Phi) is 9.69. The second-order valence-corrected chi connectivity index (χ2v) is 5.86. The Morgan fingerprint density at radius 3 is 2.55 bits per heavy atom. The van der Waals surface area contributed by atoms with E-state index in [0.29, 0.717) is 0 Å². The van der Waals surface area contributed by atoms with Gasteiger partial charge in [-0.15, -0.1) is 24.8 Å². The SMILES string of the molecule is CC(N)C(C)C(=O)NC1CCN(Cc2ccccc2)C1.Cl.Cl. The van der Waals surface area contributed by atoms with E-state index in [1.165, 1.54) is 5.56 Å². The molecule has 1 amide bonds. The first kappa shape index (κ1) is 21.2. The van der Waals surface area contributed by atoms with Crippen LogP contribution in [0.4, 0.5) is 0 Å². The van der Waals surface area contributed by atoms with E-state index >= 15 is 0 Å². The molecule has 3 N–H and O–H groups in total. The van der Waals surface area contributed by atoms with Crippen molar-refractivity contribution in [2.45, 2.75) is 38.9 Å². The van der Waals surface area contributed by atoms with Gasteiger partial charge in [0.05, 0.1) is 0 Å². The first-order valence-electron chi connectivity index (χ1n) is 7.38. The molecular weight excluding hydrogens is 321 g/mol. The van der Waals surface area contributed by atoms with Crippen molar-refractivity contribution in [3.05, 3.63) is 35.9 Å². The van der Waals surface area contributed by atoms with Crippen LogP contribution in [-0.4, -0.2) is 36.0 Å². The fourth-order valence-electron chi connectivity index (χ4n) is 2.51. The van der Waals surface area contributed by atoms with Crippen molar-refractivity contribution in [1.82, 2.24) is 10.2 Å². The first-order valence-corrected chi connectivity index (χ1v) is 7.38. The largest absolute Gasteiger partial charge is 0.352 e. The molecule has 1 heterocycles. The maximum atomic E-state index is 12.0. The second kappa shape index (κ2) is 10.1. The van der Waals surface area contributed by atoms with Gasteiger partial charge in [-0.25, -0.2) is 0 Å². The lowest BCUT2D eigenvalue weighted by Crippen LogP contribution is -2.44. The Morgan fingerprint density at radius 1 is 1.32 bits per heavy atom. The van der Waals surface area contributed by atoms with Crippen LogP contribution in [0.2, 0.25) is 0 Å². The quantitative estimate of drug-likeness (QED) is 0.858. The molecule has 1 aliphatic heterocycles. The van der Waals surface area contributed by atoms with Crippen molar-refractivity contribution in [3.63, 3.8) is 0 Å². The molecule has 22 heavy (non-hydrogen) atoms. The molecule has 1 saturated heterocycles. The van der Waals surface area contributed by atoms with E-state index in [1.807, 2.05) is 19.9 Å². The minimum absolute atomic E-state index is 0. The van der Waals surface area contributed by atoms with Gasteiger partial charge in [0, 0.05) is 37.6 Å². The molecule has 0 aliphatic carbocycles. The summed E-state index contributed by atoms with van der Waals surface area (Å²) in [5.74, 6) is -0.0512. The van der Waals surface area contributed by atoms with Gasteiger partial charge >= 0.3 is 0 Å². The number of nitrogens with zero attached hydrogens (tertiary/aromatic N) is 1. The minimum atomic E-state index is -0.127. The van der Waals surface area contributed by atoms with Crippen molar-refractivity contribution < 1.29 is 4.79 Å². The number of hydrogen-bond donors (Lipinski definition) is 2. The summed E-state index contributed by atoms with van der Waals surface area (Å²) in [4.78, 5) is 14.4. The predicted octanol–water partition coefficient (Wildman–Crippen LogP) is 2.20. The van der Waals surface area contributed by atoms with Gasteiger partial charge in [-0.2, -0.15) is 0 Å². The summed E-state index contributed by atoms with van der Waals surface area (Å²) in [6, 6.07) is 10.6. The molecular formula is C16H27Cl2N3O. The molecule has 0 bridgehead atoms. The number of carbonyl (C=O) groups is 1. The first-order chi connectivity index (χ1) is 9.56. The molecule has 1 aliphatic rings. The summed E-state index contributed by atoms with van der Waals surface area (Å²) >= 11 is 0. The Labute approximate surface area is 145 Å². The minimum Gasteiger partial charge on any atom is -0.352 e. The fourth-order valence-corrected chi connectivity index (χ4v) is 2.51. The highest BCUT2D eigenvalue weighted by Crippen LogP contribution is 2.14. The number of nitrogens with one attached hydrogen (secondary N) is 1. The van der Waals surface area contributed by atoms with Crippen molar-refractivity contribution in [3.8, 4) is 0 Å². The summed E-state index contributed by atoms with van der Waals surface area (Å²) in [5, 5.41) is 3.12. The molecule has 4 nitrogen and oxygen atoms in total. The number of benzene rings is 1. The lowest BCUT2D eigenvalue weighted by atomic mass is 10.0. The normalized spacial score (nSPS) is 20.4. The number of rotatable bonds is 5.